The van der Waals surface area contributed by atoms with Gasteiger partial charge in [0.1, 0.15) is 0 Å². The van der Waals surface area contributed by atoms with Crippen molar-refractivity contribution in [2.45, 2.75) is 12.8 Å². The Morgan fingerprint density at radius 2 is 2.42 bits per heavy atom. The van der Waals surface area contributed by atoms with Crippen LogP contribution in [0.1, 0.15) is 12.8 Å². The van der Waals surface area contributed by atoms with Crippen LogP contribution in [0.3, 0.4) is 0 Å². The number of hydrogen-bond donors (Lipinski definition) is 2. The number of rotatable bonds is 2. The Hall–Kier alpha value is -1.52. The summed E-state index contributed by atoms with van der Waals surface area (Å²) in [4.78, 5) is 21.7. The van der Waals surface area contributed by atoms with Gasteiger partial charge in [-0.15, -0.1) is 0 Å². The first kappa shape index (κ1) is 7.15. The van der Waals surface area contributed by atoms with E-state index in [0.717, 1.165) is 12.8 Å². The molecular weight excluding hydrogens is 160 g/mol. The second kappa shape index (κ2) is 2.51. The minimum Gasteiger partial charge on any atom is -0.361 e. The molecular formula is C7H8N2O3. The Balaban J connectivity index is 2.02. The lowest BCUT2D eigenvalue weighted by molar-refractivity contribution is -0.117. The molecule has 1 aromatic rings. The van der Waals surface area contributed by atoms with E-state index in [1.165, 1.54) is 6.07 Å². The van der Waals surface area contributed by atoms with Crippen molar-refractivity contribution in [2.75, 3.05) is 5.32 Å². The molecule has 5 heteroatoms. The maximum atomic E-state index is 11.1. The molecule has 0 saturated heterocycles. The third kappa shape index (κ3) is 1.39. The smallest absolute Gasteiger partial charge is 0.282 e. The molecule has 12 heavy (non-hydrogen) atoms. The zero-order chi connectivity index (χ0) is 8.55. The van der Waals surface area contributed by atoms with Crippen molar-refractivity contribution in [2.24, 2.45) is 5.92 Å². The number of hydrogen-bond acceptors (Lipinski definition) is 3. The first-order valence-corrected chi connectivity index (χ1v) is 3.75. The van der Waals surface area contributed by atoms with Crippen LogP contribution < -0.4 is 10.9 Å². The Kier molecular flexibility index (Phi) is 1.49. The normalized spacial score (nSPS) is 16.0. The average Bonchev–Trinajstić information content (AvgIpc) is 2.78. The highest BCUT2D eigenvalue weighted by molar-refractivity contribution is 5.92. The van der Waals surface area contributed by atoms with Gasteiger partial charge in [-0.25, -0.2) is 0 Å². The number of aromatic amines is 1. The number of amides is 1. The molecule has 0 spiro atoms. The standard InChI is InChI=1S/C7H8N2O3/c10-5-3-6(12-9-5)8-7(11)4-1-2-4/h3-4H,1-2H2,(H,8,11)(H,9,10). The maximum Gasteiger partial charge on any atom is 0.282 e. The van der Waals surface area contributed by atoms with Gasteiger partial charge < -0.3 is 4.52 Å². The summed E-state index contributed by atoms with van der Waals surface area (Å²) < 4.78 is 4.64. The minimum atomic E-state index is -0.346. The van der Waals surface area contributed by atoms with Gasteiger partial charge in [0, 0.05) is 5.92 Å². The quantitative estimate of drug-likeness (QED) is 0.667. The van der Waals surface area contributed by atoms with Crippen molar-refractivity contribution in [1.82, 2.24) is 5.16 Å². The van der Waals surface area contributed by atoms with Crippen molar-refractivity contribution in [3.63, 3.8) is 0 Å². The molecule has 1 saturated carbocycles. The van der Waals surface area contributed by atoms with Gasteiger partial charge in [0.2, 0.25) is 11.8 Å². The van der Waals surface area contributed by atoms with E-state index in [-0.39, 0.29) is 23.3 Å². The van der Waals surface area contributed by atoms with Crippen LogP contribution in [0.2, 0.25) is 0 Å². The number of aromatic nitrogens is 1. The van der Waals surface area contributed by atoms with Crippen LogP contribution in [-0.2, 0) is 4.79 Å². The van der Waals surface area contributed by atoms with Gasteiger partial charge in [-0.2, -0.15) is 5.16 Å². The summed E-state index contributed by atoms with van der Waals surface area (Å²) in [6.45, 7) is 0. The van der Waals surface area contributed by atoms with Gasteiger partial charge in [0.25, 0.3) is 5.56 Å². The van der Waals surface area contributed by atoms with Crippen LogP contribution in [-0.4, -0.2) is 11.1 Å². The predicted octanol–water partition coefficient (Wildman–Crippen LogP) is 0.316. The molecule has 1 fully saturated rings. The molecule has 64 valence electrons. The van der Waals surface area contributed by atoms with Crippen LogP contribution in [0.4, 0.5) is 5.88 Å². The van der Waals surface area contributed by atoms with E-state index in [0.29, 0.717) is 0 Å². The van der Waals surface area contributed by atoms with Crippen LogP contribution in [0.5, 0.6) is 0 Å². The third-order valence-electron chi connectivity index (χ3n) is 1.72. The van der Waals surface area contributed by atoms with Crippen LogP contribution in [0, 0.1) is 5.92 Å². The zero-order valence-electron chi connectivity index (χ0n) is 6.29. The molecule has 0 aliphatic heterocycles. The van der Waals surface area contributed by atoms with Gasteiger partial charge in [0.15, 0.2) is 0 Å². The summed E-state index contributed by atoms with van der Waals surface area (Å²) in [6.07, 6.45) is 1.86. The first-order valence-electron chi connectivity index (χ1n) is 3.75. The molecule has 0 radical (unpaired) electrons. The summed E-state index contributed by atoms with van der Waals surface area (Å²) in [7, 11) is 0. The molecule has 0 bridgehead atoms. The molecule has 1 aliphatic rings. The summed E-state index contributed by atoms with van der Waals surface area (Å²) in [5.74, 6) is 0.236. The van der Waals surface area contributed by atoms with Gasteiger partial charge in [0.05, 0.1) is 6.07 Å². The monoisotopic (exact) mass is 168 g/mol. The lowest BCUT2D eigenvalue weighted by atomic mass is 10.4. The average molecular weight is 168 g/mol. The fourth-order valence-electron chi connectivity index (χ4n) is 0.914. The van der Waals surface area contributed by atoms with Gasteiger partial charge in [-0.1, -0.05) is 0 Å². The van der Waals surface area contributed by atoms with Crippen molar-refractivity contribution < 1.29 is 9.32 Å². The molecule has 2 rings (SSSR count). The lowest BCUT2D eigenvalue weighted by Crippen LogP contribution is -2.12. The molecule has 5 nitrogen and oxygen atoms in total. The van der Waals surface area contributed by atoms with Crippen molar-refractivity contribution in [3.05, 3.63) is 16.4 Å². The van der Waals surface area contributed by atoms with Gasteiger partial charge in [-0.3, -0.25) is 14.9 Å². The van der Waals surface area contributed by atoms with E-state index in [1.54, 1.807) is 0 Å². The number of nitrogens with one attached hydrogen (secondary N) is 2. The summed E-state index contributed by atoms with van der Waals surface area (Å²) in [5, 5.41) is 4.58. The first-order chi connectivity index (χ1) is 5.75. The number of carbonyl (C=O) groups is 1. The fraction of sp³-hybridized carbons (Fsp3) is 0.429. The molecule has 0 unspecified atom stereocenters. The highest BCUT2D eigenvalue weighted by atomic mass is 16.5. The molecule has 2 N–H and O–H groups in total. The Morgan fingerprint density at radius 3 is 2.92 bits per heavy atom. The third-order valence-corrected chi connectivity index (χ3v) is 1.72. The SMILES string of the molecule is O=C(Nc1cc(=O)[nH]o1)C1CC1. The summed E-state index contributed by atoms with van der Waals surface area (Å²) >= 11 is 0. The zero-order valence-corrected chi connectivity index (χ0v) is 6.29. The van der Waals surface area contributed by atoms with E-state index < -0.39 is 0 Å². The van der Waals surface area contributed by atoms with E-state index >= 15 is 0 Å². The molecule has 0 atom stereocenters. The molecule has 1 heterocycles. The van der Waals surface area contributed by atoms with Crippen LogP contribution in [0.15, 0.2) is 15.4 Å². The van der Waals surface area contributed by atoms with Crippen molar-refractivity contribution in [3.8, 4) is 0 Å². The van der Waals surface area contributed by atoms with Crippen LogP contribution in [0.25, 0.3) is 0 Å². The van der Waals surface area contributed by atoms with Crippen molar-refractivity contribution >= 4 is 11.8 Å². The number of H-pyrrole nitrogens is 1. The van der Waals surface area contributed by atoms with E-state index in [2.05, 4.69) is 15.0 Å². The maximum absolute atomic E-state index is 11.1. The predicted molar refractivity (Wildman–Crippen MR) is 40.7 cm³/mol. The molecule has 1 aliphatic carbocycles. The Labute approximate surface area is 67.7 Å². The number of anilines is 1. The topological polar surface area (TPSA) is 75.1 Å². The fourth-order valence-corrected chi connectivity index (χ4v) is 0.914. The van der Waals surface area contributed by atoms with Gasteiger partial charge in [-0.05, 0) is 12.8 Å². The molecule has 1 aromatic heterocycles. The van der Waals surface area contributed by atoms with Gasteiger partial charge >= 0.3 is 0 Å². The molecule has 0 aromatic carbocycles. The lowest BCUT2D eigenvalue weighted by Gasteiger charge is -1.95. The minimum absolute atomic E-state index is 0.0715. The summed E-state index contributed by atoms with van der Waals surface area (Å²) in [6, 6.07) is 1.21. The highest BCUT2D eigenvalue weighted by Crippen LogP contribution is 2.29. The second-order valence-corrected chi connectivity index (χ2v) is 2.84. The van der Waals surface area contributed by atoms with Crippen LogP contribution >= 0.6 is 0 Å². The molecule has 1 amide bonds. The Bertz CT molecular complexity index is 348. The summed E-state index contributed by atoms with van der Waals surface area (Å²) in [5.41, 5.74) is -0.346. The second-order valence-electron chi connectivity index (χ2n) is 2.84. The Morgan fingerprint density at radius 1 is 1.67 bits per heavy atom. The number of carbonyl (C=O) groups excluding carboxylic acids is 1. The highest BCUT2D eigenvalue weighted by Gasteiger charge is 2.30. The van der Waals surface area contributed by atoms with E-state index in [1.807, 2.05) is 0 Å². The van der Waals surface area contributed by atoms with E-state index in [4.69, 9.17) is 0 Å². The van der Waals surface area contributed by atoms with E-state index in [9.17, 15) is 9.59 Å². The van der Waals surface area contributed by atoms with Crippen molar-refractivity contribution in [1.29, 1.82) is 0 Å². The largest absolute Gasteiger partial charge is 0.361 e.